The van der Waals surface area contributed by atoms with Crippen molar-refractivity contribution in [1.82, 2.24) is 34.7 Å². The van der Waals surface area contributed by atoms with Crippen LogP contribution in [0.3, 0.4) is 0 Å². The minimum atomic E-state index is -0.623. The average Bonchev–Trinajstić information content (AvgIpc) is 3.34. The van der Waals surface area contributed by atoms with Crippen LogP contribution in [0, 0.1) is 5.82 Å². The number of H-pyrrole nitrogens is 1. The molecule has 5 heterocycles. The van der Waals surface area contributed by atoms with E-state index in [0.717, 1.165) is 57.1 Å². The van der Waals surface area contributed by atoms with Crippen molar-refractivity contribution in [3.05, 3.63) is 80.6 Å². The predicted molar refractivity (Wildman–Crippen MR) is 140 cm³/mol. The van der Waals surface area contributed by atoms with Crippen molar-refractivity contribution in [2.45, 2.75) is 30.7 Å². The third kappa shape index (κ3) is 3.35. The summed E-state index contributed by atoms with van der Waals surface area (Å²) in [5.74, 6) is 0.110. The fraction of sp³-hybridized carbons (Fsp3) is 0.217. The van der Waals surface area contributed by atoms with Crippen LogP contribution >= 0.6 is 34.7 Å². The van der Waals surface area contributed by atoms with Gasteiger partial charge in [0.25, 0.3) is 5.56 Å². The number of halogens is 2. The molecular weight excluding hydrogens is 523 g/mol. The molecule has 182 valence electrons. The molecular formula is C23H18ClFN8OS2. The van der Waals surface area contributed by atoms with Gasteiger partial charge in [-0.25, -0.2) is 9.37 Å². The minimum absolute atomic E-state index is 0.0408. The van der Waals surface area contributed by atoms with Gasteiger partial charge >= 0.3 is 0 Å². The highest BCUT2D eigenvalue weighted by Crippen LogP contribution is 2.59. The number of thioether (sulfide) groups is 1. The predicted octanol–water partition coefficient (Wildman–Crippen LogP) is 3.59. The van der Waals surface area contributed by atoms with Crippen molar-refractivity contribution in [3.8, 4) is 16.8 Å². The summed E-state index contributed by atoms with van der Waals surface area (Å²) in [7, 11) is 0. The van der Waals surface area contributed by atoms with Gasteiger partial charge in [-0.1, -0.05) is 23.4 Å². The molecule has 1 spiro atoms. The summed E-state index contributed by atoms with van der Waals surface area (Å²) in [6.07, 6.45) is 5.85. The normalized spacial score (nSPS) is 19.7. The number of benzene rings is 1. The maximum absolute atomic E-state index is 15.4. The summed E-state index contributed by atoms with van der Waals surface area (Å²) < 4.78 is 19.4. The Morgan fingerprint density at radius 3 is 2.89 bits per heavy atom. The second-order valence-corrected chi connectivity index (χ2v) is 11.9. The van der Waals surface area contributed by atoms with Crippen molar-refractivity contribution in [3.63, 3.8) is 0 Å². The summed E-state index contributed by atoms with van der Waals surface area (Å²) in [6.45, 7) is 0. The van der Waals surface area contributed by atoms with Crippen LogP contribution in [0.4, 0.5) is 4.39 Å². The fourth-order valence-electron chi connectivity index (χ4n) is 5.17. The summed E-state index contributed by atoms with van der Waals surface area (Å²) in [6, 6.07) is 6.22. The molecule has 3 aliphatic rings. The van der Waals surface area contributed by atoms with E-state index in [-0.39, 0.29) is 27.6 Å². The zero-order chi connectivity index (χ0) is 24.6. The van der Waals surface area contributed by atoms with Gasteiger partial charge in [0.2, 0.25) is 0 Å². The first-order valence-electron chi connectivity index (χ1n) is 11.2. The molecule has 0 unspecified atom stereocenters. The van der Waals surface area contributed by atoms with E-state index in [1.807, 2.05) is 11.5 Å². The maximum atomic E-state index is 15.4. The molecule has 13 heteroatoms. The molecule has 9 nitrogen and oxygen atoms in total. The van der Waals surface area contributed by atoms with E-state index in [4.69, 9.17) is 17.3 Å². The number of hydrogen-bond acceptors (Lipinski definition) is 7. The molecule has 1 saturated carbocycles. The lowest BCUT2D eigenvalue weighted by Crippen LogP contribution is -2.24. The highest BCUT2D eigenvalue weighted by atomic mass is 35.5. The van der Waals surface area contributed by atoms with Gasteiger partial charge in [0.1, 0.15) is 12.2 Å². The first-order valence-corrected chi connectivity index (χ1v) is 13.3. The van der Waals surface area contributed by atoms with Crippen LogP contribution in [0.25, 0.3) is 21.7 Å². The van der Waals surface area contributed by atoms with Gasteiger partial charge in [0.15, 0.2) is 5.82 Å². The molecule has 0 radical (unpaired) electrons. The third-order valence-corrected chi connectivity index (χ3v) is 9.48. The largest absolute Gasteiger partial charge is 0.340 e. The molecule has 3 aromatic heterocycles. The standard InChI is InChI=1S/C23H18ClFN8OS2/c24-12-1-2-14(32-10-28-30-31-32)19(20(12)25)11-5-17-23(3-4-23)7-15(33(17)18(34)6-11)21-27-8-13(29-21)16-9-35-22(26)36-16/h1-2,5-6,8-10,15,35H,3-4,7,26H2,(H,27,29)/t15-/m1/s1. The van der Waals surface area contributed by atoms with Crippen LogP contribution in [-0.2, 0) is 5.41 Å². The van der Waals surface area contributed by atoms with Gasteiger partial charge in [0.05, 0.1) is 33.0 Å². The number of rotatable bonds is 4. The highest BCUT2D eigenvalue weighted by molar-refractivity contribution is 8.35. The number of pyridine rings is 1. The summed E-state index contributed by atoms with van der Waals surface area (Å²) in [5, 5.41) is 13.2. The smallest absolute Gasteiger partial charge is 0.252 e. The molecule has 1 atom stereocenters. The zero-order valence-electron chi connectivity index (χ0n) is 18.5. The summed E-state index contributed by atoms with van der Waals surface area (Å²) >= 11 is 8.65. The number of fused-ring (bicyclic) bond motifs is 2. The number of nitrogens with one attached hydrogen (secondary N) is 1. The van der Waals surface area contributed by atoms with Gasteiger partial charge in [0, 0.05) is 27.6 Å². The minimum Gasteiger partial charge on any atom is -0.340 e. The zero-order valence-corrected chi connectivity index (χ0v) is 21.0. The Morgan fingerprint density at radius 1 is 1.31 bits per heavy atom. The molecule has 36 heavy (non-hydrogen) atoms. The number of thiol groups is 1. The van der Waals surface area contributed by atoms with Gasteiger partial charge in [-0.15, -0.1) is 5.10 Å². The van der Waals surface area contributed by atoms with Gasteiger partial charge in [-0.3, -0.25) is 10.5 Å². The Kier molecular flexibility index (Phi) is 4.91. The number of aromatic nitrogens is 7. The van der Waals surface area contributed by atoms with E-state index >= 15 is 4.39 Å². The Labute approximate surface area is 216 Å². The van der Waals surface area contributed by atoms with Crippen molar-refractivity contribution in [1.29, 1.82) is 0 Å². The highest BCUT2D eigenvalue weighted by Gasteiger charge is 2.54. The van der Waals surface area contributed by atoms with E-state index < -0.39 is 5.82 Å². The molecule has 1 fully saturated rings. The Hall–Kier alpha value is -3.06. The average molecular weight is 541 g/mol. The first kappa shape index (κ1) is 22.2. The quantitative estimate of drug-likeness (QED) is 0.267. The van der Waals surface area contributed by atoms with Crippen molar-refractivity contribution in [2.24, 2.45) is 5.73 Å². The lowest BCUT2D eigenvalue weighted by Gasteiger charge is -2.16. The van der Waals surface area contributed by atoms with Crippen LogP contribution < -0.4 is 11.3 Å². The Bertz CT molecular complexity index is 1670. The summed E-state index contributed by atoms with van der Waals surface area (Å²) in [5.41, 5.74) is 8.39. The number of nitrogens with two attached hydrogens (primary N) is 1. The van der Waals surface area contributed by atoms with Crippen LogP contribution in [0.1, 0.15) is 42.5 Å². The first-order chi connectivity index (χ1) is 17.4. The second kappa shape index (κ2) is 7.97. The molecule has 1 aliphatic carbocycles. The SMILES string of the molecule is NC1=[SH]C=C(c2cnc([C@H]3CC4(CC4)c4cc(-c5c(-n6cnnn6)ccc(Cl)c5F)cc(=O)n43)[nH]2)S1. The molecule has 7 rings (SSSR count). The number of aromatic amines is 1. The maximum Gasteiger partial charge on any atom is 0.252 e. The lowest BCUT2D eigenvalue weighted by molar-refractivity contribution is 0.542. The molecule has 0 amide bonds. The van der Waals surface area contributed by atoms with E-state index in [1.165, 1.54) is 34.9 Å². The van der Waals surface area contributed by atoms with E-state index in [1.54, 1.807) is 16.8 Å². The number of imidazole rings is 1. The van der Waals surface area contributed by atoms with Gasteiger partial charge in [-0.2, -0.15) is 16.0 Å². The molecule has 2 aliphatic heterocycles. The van der Waals surface area contributed by atoms with E-state index in [0.29, 0.717) is 11.3 Å². The van der Waals surface area contributed by atoms with Crippen molar-refractivity contribution < 1.29 is 4.39 Å². The van der Waals surface area contributed by atoms with E-state index in [9.17, 15) is 4.79 Å². The van der Waals surface area contributed by atoms with Gasteiger partial charge < -0.3 is 9.55 Å². The number of tetrazole rings is 1. The molecule has 0 bridgehead atoms. The van der Waals surface area contributed by atoms with Crippen LogP contribution in [0.15, 0.2) is 47.0 Å². The Morgan fingerprint density at radius 2 is 2.17 bits per heavy atom. The molecule has 4 aromatic rings. The Balaban J connectivity index is 1.35. The van der Waals surface area contributed by atoms with Crippen molar-refractivity contribution >= 4 is 43.9 Å². The van der Waals surface area contributed by atoms with Crippen LogP contribution in [0.2, 0.25) is 5.02 Å². The molecule has 1 aromatic carbocycles. The van der Waals surface area contributed by atoms with Crippen LogP contribution in [-0.4, -0.2) is 39.1 Å². The van der Waals surface area contributed by atoms with E-state index in [2.05, 4.69) is 25.5 Å². The van der Waals surface area contributed by atoms with Gasteiger partial charge in [-0.05, 0) is 58.9 Å². The fourth-order valence-corrected chi connectivity index (χ4v) is 7.18. The molecule has 3 N–H and O–H groups in total. The number of nitrogens with zero attached hydrogens (tertiary/aromatic N) is 6. The van der Waals surface area contributed by atoms with Crippen molar-refractivity contribution in [2.75, 3.05) is 0 Å². The molecule has 0 saturated heterocycles. The van der Waals surface area contributed by atoms with Crippen LogP contribution in [0.5, 0.6) is 0 Å². The monoisotopic (exact) mass is 540 g/mol. The second-order valence-electron chi connectivity index (χ2n) is 9.09. The summed E-state index contributed by atoms with van der Waals surface area (Å²) in [4.78, 5) is 22.7. The number of hydrogen-bond donors (Lipinski definition) is 3. The topological polar surface area (TPSA) is 120 Å². The third-order valence-electron chi connectivity index (χ3n) is 7.02. The lowest BCUT2D eigenvalue weighted by atomic mass is 9.95.